The summed E-state index contributed by atoms with van der Waals surface area (Å²) in [6, 6.07) is 7.69. The number of halogens is 2. The van der Waals surface area contributed by atoms with Crippen molar-refractivity contribution in [2.75, 3.05) is 14.2 Å². The first kappa shape index (κ1) is 14.2. The van der Waals surface area contributed by atoms with E-state index in [-0.39, 0.29) is 11.1 Å². The number of rotatable bonds is 3. The van der Waals surface area contributed by atoms with Gasteiger partial charge >= 0.3 is 0 Å². The predicted octanol–water partition coefficient (Wildman–Crippen LogP) is 3.59. The SMILES string of the molecule is COc1cc(OC)cc(-c2cc3cnc(F)cc3nc2F)c1. The molecule has 0 amide bonds. The summed E-state index contributed by atoms with van der Waals surface area (Å²) in [6.45, 7) is 0. The Morgan fingerprint density at radius 3 is 2.23 bits per heavy atom. The normalized spacial score (nSPS) is 10.7. The van der Waals surface area contributed by atoms with Gasteiger partial charge in [-0.1, -0.05) is 0 Å². The van der Waals surface area contributed by atoms with Gasteiger partial charge in [0.25, 0.3) is 0 Å². The number of hydrogen-bond donors (Lipinski definition) is 0. The summed E-state index contributed by atoms with van der Waals surface area (Å²) >= 11 is 0. The summed E-state index contributed by atoms with van der Waals surface area (Å²) in [5.41, 5.74) is 1.02. The van der Waals surface area contributed by atoms with Crippen LogP contribution in [0.3, 0.4) is 0 Å². The summed E-state index contributed by atoms with van der Waals surface area (Å²) in [7, 11) is 3.03. The Hall–Kier alpha value is -2.76. The van der Waals surface area contributed by atoms with E-state index in [4.69, 9.17) is 9.47 Å². The number of pyridine rings is 2. The topological polar surface area (TPSA) is 44.2 Å². The molecule has 3 aromatic rings. The van der Waals surface area contributed by atoms with Gasteiger partial charge in [-0.25, -0.2) is 9.97 Å². The van der Waals surface area contributed by atoms with Gasteiger partial charge < -0.3 is 9.47 Å². The maximum absolute atomic E-state index is 14.3. The maximum Gasteiger partial charge on any atom is 0.221 e. The second-order valence-electron chi connectivity index (χ2n) is 4.63. The first-order valence-electron chi connectivity index (χ1n) is 6.46. The number of ether oxygens (including phenoxy) is 2. The number of methoxy groups -OCH3 is 2. The van der Waals surface area contributed by atoms with Crippen LogP contribution in [0.4, 0.5) is 8.78 Å². The van der Waals surface area contributed by atoms with Gasteiger partial charge in [0.15, 0.2) is 0 Å². The molecule has 0 atom stereocenters. The van der Waals surface area contributed by atoms with Crippen molar-refractivity contribution < 1.29 is 18.3 Å². The Labute approximate surface area is 125 Å². The lowest BCUT2D eigenvalue weighted by Gasteiger charge is -2.10. The van der Waals surface area contributed by atoms with Crippen LogP contribution in [-0.2, 0) is 0 Å². The van der Waals surface area contributed by atoms with Crippen molar-refractivity contribution in [2.45, 2.75) is 0 Å². The third-order valence-electron chi connectivity index (χ3n) is 3.28. The molecule has 0 aliphatic rings. The summed E-state index contributed by atoms with van der Waals surface area (Å²) in [5, 5.41) is 0.541. The molecule has 0 N–H and O–H groups in total. The molecule has 1 aromatic carbocycles. The van der Waals surface area contributed by atoms with Gasteiger partial charge in [0.2, 0.25) is 11.9 Å². The van der Waals surface area contributed by atoms with Crippen LogP contribution >= 0.6 is 0 Å². The monoisotopic (exact) mass is 302 g/mol. The molecule has 0 saturated carbocycles. The highest BCUT2D eigenvalue weighted by Crippen LogP contribution is 2.32. The van der Waals surface area contributed by atoms with Crippen molar-refractivity contribution in [1.82, 2.24) is 9.97 Å². The average Bonchev–Trinajstić information content (AvgIpc) is 2.53. The summed E-state index contributed by atoms with van der Waals surface area (Å²) < 4.78 is 37.7. The van der Waals surface area contributed by atoms with Crippen LogP contribution in [0.15, 0.2) is 36.5 Å². The van der Waals surface area contributed by atoms with E-state index < -0.39 is 11.9 Å². The van der Waals surface area contributed by atoms with Crippen LogP contribution < -0.4 is 9.47 Å². The predicted molar refractivity (Wildman–Crippen MR) is 78.0 cm³/mol. The molecule has 0 aliphatic carbocycles. The second-order valence-corrected chi connectivity index (χ2v) is 4.63. The van der Waals surface area contributed by atoms with Crippen LogP contribution in [0.2, 0.25) is 0 Å². The molecule has 0 radical (unpaired) electrons. The lowest BCUT2D eigenvalue weighted by Crippen LogP contribution is -1.94. The van der Waals surface area contributed by atoms with Gasteiger partial charge in [-0.2, -0.15) is 8.78 Å². The van der Waals surface area contributed by atoms with E-state index in [9.17, 15) is 8.78 Å². The highest BCUT2D eigenvalue weighted by molar-refractivity contribution is 5.83. The summed E-state index contributed by atoms with van der Waals surface area (Å²) in [4.78, 5) is 7.36. The number of benzene rings is 1. The smallest absolute Gasteiger partial charge is 0.221 e. The van der Waals surface area contributed by atoms with Crippen molar-refractivity contribution in [3.05, 3.63) is 48.4 Å². The Morgan fingerprint density at radius 1 is 0.909 bits per heavy atom. The summed E-state index contributed by atoms with van der Waals surface area (Å²) in [5.74, 6) is -0.333. The Bertz CT molecular complexity index is 831. The van der Waals surface area contributed by atoms with Crippen molar-refractivity contribution in [3.8, 4) is 22.6 Å². The van der Waals surface area contributed by atoms with E-state index >= 15 is 0 Å². The van der Waals surface area contributed by atoms with E-state index in [1.54, 1.807) is 24.3 Å². The fourth-order valence-electron chi connectivity index (χ4n) is 2.19. The minimum Gasteiger partial charge on any atom is -0.497 e. The molecule has 0 saturated heterocycles. The zero-order chi connectivity index (χ0) is 15.7. The van der Waals surface area contributed by atoms with Crippen molar-refractivity contribution in [1.29, 1.82) is 0 Å². The molecule has 2 aromatic heterocycles. The number of nitrogens with zero attached hydrogens (tertiary/aromatic N) is 2. The molecule has 112 valence electrons. The van der Waals surface area contributed by atoms with E-state index in [0.717, 1.165) is 6.07 Å². The Balaban J connectivity index is 2.21. The highest BCUT2D eigenvalue weighted by atomic mass is 19.1. The van der Waals surface area contributed by atoms with Crippen LogP contribution in [0.25, 0.3) is 22.0 Å². The van der Waals surface area contributed by atoms with Crippen molar-refractivity contribution >= 4 is 10.9 Å². The lowest BCUT2D eigenvalue weighted by atomic mass is 10.0. The van der Waals surface area contributed by atoms with Crippen molar-refractivity contribution in [3.63, 3.8) is 0 Å². The lowest BCUT2D eigenvalue weighted by molar-refractivity contribution is 0.394. The minimum absolute atomic E-state index is 0.212. The minimum atomic E-state index is -0.701. The molecular formula is C16H12F2N2O2. The van der Waals surface area contributed by atoms with Crippen LogP contribution in [0, 0.1) is 11.9 Å². The van der Waals surface area contributed by atoms with Gasteiger partial charge in [-0.15, -0.1) is 0 Å². The first-order valence-corrected chi connectivity index (χ1v) is 6.46. The third-order valence-corrected chi connectivity index (χ3v) is 3.28. The number of hydrogen-bond acceptors (Lipinski definition) is 4. The van der Waals surface area contributed by atoms with Crippen molar-refractivity contribution in [2.24, 2.45) is 0 Å². The molecule has 22 heavy (non-hydrogen) atoms. The van der Waals surface area contributed by atoms with Crippen LogP contribution in [0.5, 0.6) is 11.5 Å². The van der Waals surface area contributed by atoms with Crippen LogP contribution in [0.1, 0.15) is 0 Å². The molecule has 0 unspecified atom stereocenters. The van der Waals surface area contributed by atoms with Gasteiger partial charge in [0.1, 0.15) is 11.5 Å². The first-order chi connectivity index (χ1) is 10.6. The number of fused-ring (bicyclic) bond motifs is 1. The molecule has 0 spiro atoms. The molecular weight excluding hydrogens is 290 g/mol. The Kier molecular flexibility index (Phi) is 3.58. The zero-order valence-electron chi connectivity index (χ0n) is 11.9. The average molecular weight is 302 g/mol. The maximum atomic E-state index is 14.3. The van der Waals surface area contributed by atoms with E-state index in [2.05, 4.69) is 9.97 Å². The molecule has 0 aliphatic heterocycles. The second kappa shape index (κ2) is 5.55. The van der Waals surface area contributed by atoms with Gasteiger partial charge in [0.05, 0.1) is 19.7 Å². The summed E-state index contributed by atoms with van der Waals surface area (Å²) in [6.07, 6.45) is 1.32. The Morgan fingerprint density at radius 2 is 1.59 bits per heavy atom. The van der Waals surface area contributed by atoms with E-state index in [0.29, 0.717) is 22.4 Å². The van der Waals surface area contributed by atoms with Gasteiger partial charge in [-0.3, -0.25) is 0 Å². The standard InChI is InChI=1S/C16H12F2N2O2/c1-21-11-3-9(4-12(6-11)22-2)13-5-10-8-19-15(17)7-14(10)20-16(13)18/h3-8H,1-2H3. The quantitative estimate of drug-likeness (QED) is 0.694. The molecule has 0 bridgehead atoms. The molecule has 4 nitrogen and oxygen atoms in total. The van der Waals surface area contributed by atoms with E-state index in [1.165, 1.54) is 20.4 Å². The molecule has 3 rings (SSSR count). The van der Waals surface area contributed by atoms with Gasteiger partial charge in [-0.05, 0) is 23.8 Å². The van der Waals surface area contributed by atoms with Gasteiger partial charge in [0, 0.05) is 29.3 Å². The highest BCUT2D eigenvalue weighted by Gasteiger charge is 2.12. The van der Waals surface area contributed by atoms with Crippen LogP contribution in [-0.4, -0.2) is 24.2 Å². The third kappa shape index (κ3) is 2.55. The fourth-order valence-corrected chi connectivity index (χ4v) is 2.19. The van der Waals surface area contributed by atoms with E-state index in [1.807, 2.05) is 0 Å². The molecule has 6 heteroatoms. The zero-order valence-corrected chi connectivity index (χ0v) is 11.9. The molecule has 0 fully saturated rings. The fraction of sp³-hybridized carbons (Fsp3) is 0.125. The number of aromatic nitrogens is 2. The molecule has 2 heterocycles. The largest absolute Gasteiger partial charge is 0.497 e.